The van der Waals surface area contributed by atoms with Crippen molar-refractivity contribution in [3.8, 4) is 0 Å². The lowest BCUT2D eigenvalue weighted by molar-refractivity contribution is -0.116. The number of amides is 1. The van der Waals surface area contributed by atoms with Gasteiger partial charge in [0, 0.05) is 16.4 Å². The van der Waals surface area contributed by atoms with Crippen molar-refractivity contribution in [1.29, 1.82) is 10.8 Å². The zero-order valence-corrected chi connectivity index (χ0v) is 14.2. The molecule has 1 amide bonds. The molecule has 1 aromatic carbocycles. The molecule has 0 bridgehead atoms. The highest BCUT2D eigenvalue weighted by molar-refractivity contribution is 9.10. The quantitative estimate of drug-likeness (QED) is 0.562. The number of carbonyl (C=O) groups excluding carboxylic acids is 1. The van der Waals surface area contributed by atoms with Crippen LogP contribution >= 0.6 is 15.9 Å². The van der Waals surface area contributed by atoms with Crippen LogP contribution in [0.1, 0.15) is 31.9 Å². The van der Waals surface area contributed by atoms with E-state index in [4.69, 9.17) is 15.6 Å². The number of nitrogens with one attached hydrogen (secondary N) is 3. The smallest absolute Gasteiger partial charge is 0.306 e. The number of rotatable bonds is 2. The van der Waals surface area contributed by atoms with Crippen LogP contribution in [0, 0.1) is 23.2 Å². The van der Waals surface area contributed by atoms with Crippen LogP contribution in [0.3, 0.4) is 0 Å². The monoisotopic (exact) mass is 353 g/mol. The molecule has 0 saturated heterocycles. The molecular weight excluding hydrogens is 334 g/mol. The fraction of sp³-hybridized carbons (Fsp3) is 0.400. The Morgan fingerprint density at radius 3 is 2.48 bits per heavy atom. The third-order valence-electron chi connectivity index (χ3n) is 2.84. The lowest BCUT2D eigenvalue weighted by Gasteiger charge is -2.19. The first kappa shape index (κ1) is 17.4. The van der Waals surface area contributed by atoms with Crippen molar-refractivity contribution in [2.45, 2.75) is 34.2 Å². The summed E-state index contributed by atoms with van der Waals surface area (Å²) in [5.74, 6) is -1.31. The molecule has 0 saturated carbocycles. The highest BCUT2D eigenvalue weighted by Crippen LogP contribution is 2.16. The van der Waals surface area contributed by atoms with Crippen LogP contribution in [0.2, 0.25) is 0 Å². The van der Waals surface area contributed by atoms with E-state index in [0.29, 0.717) is 6.54 Å². The molecule has 21 heavy (non-hydrogen) atoms. The highest BCUT2D eigenvalue weighted by atomic mass is 79.9. The summed E-state index contributed by atoms with van der Waals surface area (Å²) in [5.41, 5.74) is 1.47. The second-order valence-electron chi connectivity index (χ2n) is 5.76. The van der Waals surface area contributed by atoms with Crippen molar-refractivity contribution >= 4 is 33.6 Å². The lowest BCUT2D eigenvalue weighted by atomic mass is 9.97. The van der Waals surface area contributed by atoms with Crippen LogP contribution in [0.25, 0.3) is 0 Å². The van der Waals surface area contributed by atoms with Gasteiger partial charge in [-0.05, 0) is 30.2 Å². The van der Waals surface area contributed by atoms with Crippen LogP contribution in [0.15, 0.2) is 22.7 Å². The van der Waals surface area contributed by atoms with Crippen molar-refractivity contribution in [2.24, 2.45) is 5.41 Å². The molecule has 0 fully saturated rings. The summed E-state index contributed by atoms with van der Waals surface area (Å²) >= 11 is 3.38. The Morgan fingerprint density at radius 2 is 1.95 bits per heavy atom. The minimum absolute atomic E-state index is 0.109. The largest absolute Gasteiger partial charge is 0.420 e. The van der Waals surface area contributed by atoms with Gasteiger partial charge in [0.15, 0.2) is 5.90 Å². The van der Waals surface area contributed by atoms with Gasteiger partial charge in [0.1, 0.15) is 0 Å². The predicted molar refractivity (Wildman–Crippen MR) is 86.7 cm³/mol. The second kappa shape index (κ2) is 6.85. The summed E-state index contributed by atoms with van der Waals surface area (Å²) in [6.07, 6.45) is 0. The SMILES string of the molecule is Cc1cc(Br)ccc1CNC(=O)C(=N)OC(=N)C(C)(C)C. The van der Waals surface area contributed by atoms with Crippen LogP contribution in [0.4, 0.5) is 0 Å². The summed E-state index contributed by atoms with van der Waals surface area (Å²) < 4.78 is 5.94. The fourth-order valence-corrected chi connectivity index (χ4v) is 1.89. The molecule has 114 valence electrons. The van der Waals surface area contributed by atoms with Crippen molar-refractivity contribution in [1.82, 2.24) is 5.32 Å². The fourth-order valence-electron chi connectivity index (χ4n) is 1.41. The number of hydrogen-bond acceptors (Lipinski definition) is 4. The first-order valence-electron chi connectivity index (χ1n) is 6.50. The minimum Gasteiger partial charge on any atom is -0.420 e. The normalized spacial score (nSPS) is 10.9. The Kier molecular flexibility index (Phi) is 5.66. The van der Waals surface area contributed by atoms with E-state index in [-0.39, 0.29) is 5.90 Å². The molecule has 6 heteroatoms. The van der Waals surface area contributed by atoms with E-state index in [9.17, 15) is 4.79 Å². The van der Waals surface area contributed by atoms with Crippen LogP contribution in [-0.2, 0) is 16.1 Å². The lowest BCUT2D eigenvalue weighted by Crippen LogP contribution is -2.35. The number of halogens is 1. The summed E-state index contributed by atoms with van der Waals surface area (Å²) in [4.78, 5) is 11.8. The Labute approximate surface area is 133 Å². The van der Waals surface area contributed by atoms with Gasteiger partial charge in [0.05, 0.1) is 0 Å². The van der Waals surface area contributed by atoms with E-state index in [1.165, 1.54) is 0 Å². The molecule has 0 aromatic heterocycles. The van der Waals surface area contributed by atoms with Gasteiger partial charge in [-0.25, -0.2) is 0 Å². The predicted octanol–water partition coefficient (Wildman–Crippen LogP) is 3.39. The number of aryl methyl sites for hydroxylation is 1. The molecule has 5 nitrogen and oxygen atoms in total. The summed E-state index contributed by atoms with van der Waals surface area (Å²) in [7, 11) is 0. The molecule has 1 rings (SSSR count). The number of carbonyl (C=O) groups is 1. The molecule has 0 heterocycles. The van der Waals surface area contributed by atoms with Gasteiger partial charge in [-0.15, -0.1) is 0 Å². The first-order chi connectivity index (χ1) is 9.61. The van der Waals surface area contributed by atoms with Crippen molar-refractivity contribution in [3.05, 3.63) is 33.8 Å². The molecule has 0 unspecified atom stereocenters. The molecule has 0 spiro atoms. The summed E-state index contributed by atoms with van der Waals surface area (Å²) in [6.45, 7) is 7.61. The molecule has 0 aliphatic heterocycles. The van der Waals surface area contributed by atoms with E-state index >= 15 is 0 Å². The van der Waals surface area contributed by atoms with E-state index in [1.54, 1.807) is 20.8 Å². The number of benzene rings is 1. The van der Waals surface area contributed by atoms with Gasteiger partial charge in [-0.3, -0.25) is 15.6 Å². The van der Waals surface area contributed by atoms with Gasteiger partial charge >= 0.3 is 5.91 Å². The average molecular weight is 354 g/mol. The van der Waals surface area contributed by atoms with Crippen molar-refractivity contribution in [3.63, 3.8) is 0 Å². The van der Waals surface area contributed by atoms with Gasteiger partial charge in [-0.2, -0.15) is 0 Å². The van der Waals surface area contributed by atoms with E-state index in [1.807, 2.05) is 25.1 Å². The third kappa shape index (κ3) is 5.30. The van der Waals surface area contributed by atoms with Gasteiger partial charge in [-0.1, -0.05) is 42.8 Å². The first-order valence-corrected chi connectivity index (χ1v) is 7.29. The highest BCUT2D eigenvalue weighted by Gasteiger charge is 2.23. The van der Waals surface area contributed by atoms with Gasteiger partial charge < -0.3 is 10.1 Å². The van der Waals surface area contributed by atoms with Crippen LogP contribution < -0.4 is 5.32 Å². The number of ether oxygens (including phenoxy) is 1. The van der Waals surface area contributed by atoms with Gasteiger partial charge in [0.25, 0.3) is 5.90 Å². The Hall–Kier alpha value is -1.69. The molecule has 3 N–H and O–H groups in total. The summed E-state index contributed by atoms with van der Waals surface area (Å²) in [5, 5.41) is 17.9. The third-order valence-corrected chi connectivity index (χ3v) is 3.33. The summed E-state index contributed by atoms with van der Waals surface area (Å²) in [6, 6.07) is 5.76. The zero-order valence-electron chi connectivity index (χ0n) is 12.6. The zero-order chi connectivity index (χ0) is 16.2. The van der Waals surface area contributed by atoms with E-state index < -0.39 is 17.2 Å². The van der Waals surface area contributed by atoms with Crippen LogP contribution in [-0.4, -0.2) is 17.7 Å². The van der Waals surface area contributed by atoms with E-state index in [0.717, 1.165) is 15.6 Å². The standard InChI is InChI=1S/C15H20BrN3O2/c1-9-7-11(16)6-5-10(9)8-19-13(20)12(17)21-14(18)15(2,3)4/h5-7,17-18H,8H2,1-4H3,(H,19,20). The maximum Gasteiger partial charge on any atom is 0.306 e. The van der Waals surface area contributed by atoms with Crippen LogP contribution in [0.5, 0.6) is 0 Å². The molecule has 0 radical (unpaired) electrons. The minimum atomic E-state index is -0.633. The Bertz CT molecular complexity index is 577. The molecule has 0 aliphatic carbocycles. The Balaban J connectivity index is 2.57. The van der Waals surface area contributed by atoms with Gasteiger partial charge in [0.2, 0.25) is 0 Å². The molecular formula is C15H20BrN3O2. The number of hydrogen-bond donors (Lipinski definition) is 3. The van der Waals surface area contributed by atoms with Crippen molar-refractivity contribution < 1.29 is 9.53 Å². The topological polar surface area (TPSA) is 86.0 Å². The average Bonchev–Trinajstić information content (AvgIpc) is 2.36. The van der Waals surface area contributed by atoms with Crippen molar-refractivity contribution in [2.75, 3.05) is 0 Å². The Morgan fingerprint density at radius 1 is 1.33 bits per heavy atom. The molecule has 1 aromatic rings. The molecule has 0 atom stereocenters. The maximum atomic E-state index is 11.8. The molecule has 0 aliphatic rings. The second-order valence-corrected chi connectivity index (χ2v) is 6.68. The maximum absolute atomic E-state index is 11.8. The van der Waals surface area contributed by atoms with E-state index in [2.05, 4.69) is 21.2 Å².